The molecule has 4 N–H and O–H groups in total. The fraction of sp³-hybridized carbons (Fsp3) is 0.650. The number of aliphatic hydroxyl groups excluding tert-OH is 2. The zero-order chi connectivity index (χ0) is 19.6. The lowest BCUT2D eigenvalue weighted by Gasteiger charge is -2.22. The summed E-state index contributed by atoms with van der Waals surface area (Å²) >= 11 is 0. The Bertz CT molecular complexity index is 474. The van der Waals surface area contributed by atoms with Crippen molar-refractivity contribution in [3.8, 4) is 0 Å². The van der Waals surface area contributed by atoms with Crippen LogP contribution in [-0.4, -0.2) is 73.7 Å². The molecule has 7 nitrogen and oxygen atoms in total. The van der Waals surface area contributed by atoms with Crippen molar-refractivity contribution in [2.24, 2.45) is 0 Å². The molecule has 0 aliphatic rings. The van der Waals surface area contributed by atoms with Gasteiger partial charge in [0.15, 0.2) is 0 Å². The Kier molecular flexibility index (Phi) is 14.3. The number of nitrogens with one attached hydrogen (secondary N) is 2. The van der Waals surface area contributed by atoms with Gasteiger partial charge in [0, 0.05) is 26.3 Å². The van der Waals surface area contributed by atoms with Crippen LogP contribution in [0.25, 0.3) is 0 Å². The molecule has 154 valence electrons. The Morgan fingerprint density at radius 1 is 0.889 bits per heavy atom. The molecule has 0 unspecified atom stereocenters. The van der Waals surface area contributed by atoms with Crippen LogP contribution in [0, 0.1) is 0 Å². The Labute approximate surface area is 162 Å². The van der Waals surface area contributed by atoms with Crippen molar-refractivity contribution in [3.05, 3.63) is 35.9 Å². The minimum absolute atomic E-state index is 0.190. The van der Waals surface area contributed by atoms with Crippen LogP contribution in [0.4, 0.5) is 4.79 Å². The quantitative estimate of drug-likeness (QED) is 0.323. The van der Waals surface area contributed by atoms with Crippen molar-refractivity contribution in [1.82, 2.24) is 15.5 Å². The zero-order valence-corrected chi connectivity index (χ0v) is 16.2. The fourth-order valence-electron chi connectivity index (χ4n) is 2.65. The first-order valence-electron chi connectivity index (χ1n) is 9.85. The SMILES string of the molecule is O=C(NCCCN(CCCO)CCCNCCCO)OCc1ccccc1. The van der Waals surface area contributed by atoms with Crippen molar-refractivity contribution in [2.75, 3.05) is 52.5 Å². The standard InChI is InChI=1S/C20H35N3O4/c24-16-6-11-21-10-4-13-23(15-7-17-25)14-5-12-22-20(26)27-18-19-8-2-1-3-9-19/h1-3,8-9,21,24-25H,4-7,10-18H2,(H,22,26). The molecule has 0 atom stereocenters. The molecular formula is C20H35N3O4. The molecule has 0 radical (unpaired) electrons. The van der Waals surface area contributed by atoms with Gasteiger partial charge in [-0.15, -0.1) is 0 Å². The van der Waals surface area contributed by atoms with Crippen LogP contribution >= 0.6 is 0 Å². The van der Waals surface area contributed by atoms with Gasteiger partial charge >= 0.3 is 6.09 Å². The van der Waals surface area contributed by atoms with Gasteiger partial charge in [0.25, 0.3) is 0 Å². The van der Waals surface area contributed by atoms with E-state index in [1.165, 1.54) is 0 Å². The summed E-state index contributed by atoms with van der Waals surface area (Å²) in [5, 5.41) is 23.9. The van der Waals surface area contributed by atoms with E-state index in [0.717, 1.165) is 64.0 Å². The molecule has 0 aliphatic carbocycles. The first kappa shape index (κ1) is 23.4. The summed E-state index contributed by atoms with van der Waals surface area (Å²) in [7, 11) is 0. The average molecular weight is 382 g/mol. The molecule has 0 saturated carbocycles. The van der Waals surface area contributed by atoms with Crippen molar-refractivity contribution < 1.29 is 19.7 Å². The highest BCUT2D eigenvalue weighted by Gasteiger charge is 2.06. The third-order valence-corrected chi connectivity index (χ3v) is 4.11. The lowest BCUT2D eigenvalue weighted by molar-refractivity contribution is 0.139. The van der Waals surface area contributed by atoms with Gasteiger partial charge in [-0.25, -0.2) is 4.79 Å². The fourth-order valence-corrected chi connectivity index (χ4v) is 2.65. The first-order chi connectivity index (χ1) is 13.3. The Morgan fingerprint density at radius 2 is 1.52 bits per heavy atom. The van der Waals surface area contributed by atoms with E-state index < -0.39 is 6.09 Å². The summed E-state index contributed by atoms with van der Waals surface area (Å²) in [6.07, 6.45) is 2.99. The molecule has 0 bridgehead atoms. The van der Waals surface area contributed by atoms with E-state index in [2.05, 4.69) is 15.5 Å². The number of nitrogens with zero attached hydrogens (tertiary/aromatic N) is 1. The molecule has 0 heterocycles. The predicted octanol–water partition coefficient (Wildman–Crippen LogP) is 1.35. The molecule has 27 heavy (non-hydrogen) atoms. The minimum Gasteiger partial charge on any atom is -0.445 e. The second kappa shape index (κ2) is 16.5. The highest BCUT2D eigenvalue weighted by Crippen LogP contribution is 2.01. The molecule has 0 aromatic heterocycles. The van der Waals surface area contributed by atoms with Gasteiger partial charge in [-0.3, -0.25) is 0 Å². The summed E-state index contributed by atoms with van der Waals surface area (Å²) in [5.41, 5.74) is 0.968. The monoisotopic (exact) mass is 381 g/mol. The number of ether oxygens (including phenoxy) is 1. The van der Waals surface area contributed by atoms with Gasteiger partial charge in [0.1, 0.15) is 6.61 Å². The zero-order valence-electron chi connectivity index (χ0n) is 16.2. The van der Waals surface area contributed by atoms with Gasteiger partial charge < -0.3 is 30.5 Å². The highest BCUT2D eigenvalue weighted by molar-refractivity contribution is 5.67. The number of benzene rings is 1. The highest BCUT2D eigenvalue weighted by atomic mass is 16.5. The van der Waals surface area contributed by atoms with Crippen LogP contribution in [0.1, 0.15) is 31.2 Å². The third-order valence-electron chi connectivity index (χ3n) is 4.11. The average Bonchev–Trinajstić information content (AvgIpc) is 2.70. The summed E-state index contributed by atoms with van der Waals surface area (Å²) in [6, 6.07) is 9.60. The largest absolute Gasteiger partial charge is 0.445 e. The number of carbonyl (C=O) groups excluding carboxylic acids is 1. The molecule has 1 amide bonds. The summed E-state index contributed by atoms with van der Waals surface area (Å²) < 4.78 is 5.19. The van der Waals surface area contributed by atoms with Gasteiger partial charge in [-0.2, -0.15) is 0 Å². The number of amides is 1. The number of hydrogen-bond donors (Lipinski definition) is 4. The molecule has 0 saturated heterocycles. The van der Waals surface area contributed by atoms with E-state index >= 15 is 0 Å². The molecule has 0 fully saturated rings. The second-order valence-electron chi connectivity index (χ2n) is 6.44. The molecule has 1 aromatic carbocycles. The van der Waals surface area contributed by atoms with Crippen molar-refractivity contribution in [1.29, 1.82) is 0 Å². The third kappa shape index (κ3) is 13.2. The Hall–Kier alpha value is -1.67. The van der Waals surface area contributed by atoms with Gasteiger partial charge in [-0.1, -0.05) is 30.3 Å². The van der Waals surface area contributed by atoms with Crippen LogP contribution in [0.15, 0.2) is 30.3 Å². The van der Waals surface area contributed by atoms with E-state index in [9.17, 15) is 4.79 Å². The van der Waals surface area contributed by atoms with Crippen molar-refractivity contribution in [2.45, 2.75) is 32.3 Å². The molecule has 0 aliphatic heterocycles. The van der Waals surface area contributed by atoms with Crippen LogP contribution in [0.3, 0.4) is 0 Å². The molecule has 0 spiro atoms. The number of hydrogen-bond acceptors (Lipinski definition) is 6. The number of carbonyl (C=O) groups is 1. The minimum atomic E-state index is -0.395. The summed E-state index contributed by atoms with van der Waals surface area (Å²) in [6.45, 7) is 5.68. The second-order valence-corrected chi connectivity index (χ2v) is 6.44. The molecule has 1 aromatic rings. The number of aliphatic hydroxyl groups is 2. The molecule has 1 rings (SSSR count). The predicted molar refractivity (Wildman–Crippen MR) is 107 cm³/mol. The lowest BCUT2D eigenvalue weighted by Crippen LogP contribution is -2.33. The first-order valence-corrected chi connectivity index (χ1v) is 9.85. The van der Waals surface area contributed by atoms with Crippen LogP contribution in [0.5, 0.6) is 0 Å². The van der Waals surface area contributed by atoms with Gasteiger partial charge in [0.2, 0.25) is 0 Å². The van der Waals surface area contributed by atoms with E-state index in [4.69, 9.17) is 14.9 Å². The topological polar surface area (TPSA) is 94.1 Å². The number of rotatable bonds is 16. The maximum absolute atomic E-state index is 11.7. The van der Waals surface area contributed by atoms with Crippen LogP contribution < -0.4 is 10.6 Å². The molecule has 7 heteroatoms. The molecular weight excluding hydrogens is 346 g/mol. The van der Waals surface area contributed by atoms with E-state index in [-0.39, 0.29) is 19.8 Å². The van der Waals surface area contributed by atoms with E-state index in [1.54, 1.807) is 0 Å². The van der Waals surface area contributed by atoms with Gasteiger partial charge in [0.05, 0.1) is 0 Å². The van der Waals surface area contributed by atoms with E-state index in [0.29, 0.717) is 6.54 Å². The number of alkyl carbamates (subject to hydrolysis) is 1. The summed E-state index contributed by atoms with van der Waals surface area (Å²) in [5.74, 6) is 0. The van der Waals surface area contributed by atoms with E-state index in [1.807, 2.05) is 30.3 Å². The van der Waals surface area contributed by atoms with Crippen LogP contribution in [-0.2, 0) is 11.3 Å². The normalized spacial score (nSPS) is 10.9. The van der Waals surface area contributed by atoms with Crippen molar-refractivity contribution in [3.63, 3.8) is 0 Å². The lowest BCUT2D eigenvalue weighted by atomic mass is 10.2. The summed E-state index contributed by atoms with van der Waals surface area (Å²) in [4.78, 5) is 14.0. The Balaban J connectivity index is 2.11. The smallest absolute Gasteiger partial charge is 0.407 e. The van der Waals surface area contributed by atoms with Crippen LogP contribution in [0.2, 0.25) is 0 Å². The Morgan fingerprint density at radius 3 is 2.22 bits per heavy atom. The maximum Gasteiger partial charge on any atom is 0.407 e. The van der Waals surface area contributed by atoms with Crippen molar-refractivity contribution >= 4 is 6.09 Å². The van der Waals surface area contributed by atoms with Gasteiger partial charge in [-0.05, 0) is 57.4 Å². The maximum atomic E-state index is 11.7.